The largest absolute Gasteiger partial charge is 0.508 e. The molecule has 4 aliphatic carbocycles. The number of hydrogen-bond acceptors (Lipinski definition) is 6. The summed E-state index contributed by atoms with van der Waals surface area (Å²) in [6.07, 6.45) is 9.61. The molecule has 0 atom stereocenters. The molecule has 36 heavy (non-hydrogen) atoms. The zero-order chi connectivity index (χ0) is 24.3. The van der Waals surface area contributed by atoms with Gasteiger partial charge >= 0.3 is 0 Å². The van der Waals surface area contributed by atoms with Crippen LogP contribution in [0.1, 0.15) is 49.8 Å². The van der Waals surface area contributed by atoms with Gasteiger partial charge in [-0.25, -0.2) is 4.98 Å². The maximum atomic E-state index is 12.6. The fourth-order valence-electron chi connectivity index (χ4n) is 7.68. The van der Waals surface area contributed by atoms with Gasteiger partial charge < -0.3 is 14.7 Å². The van der Waals surface area contributed by atoms with Gasteiger partial charge in [0.25, 0.3) is 5.91 Å². The van der Waals surface area contributed by atoms with Crippen LogP contribution in [0.3, 0.4) is 0 Å². The summed E-state index contributed by atoms with van der Waals surface area (Å²) in [6.45, 7) is 2.84. The molecule has 1 saturated heterocycles. The average molecular weight is 502 g/mol. The second kappa shape index (κ2) is 8.73. The van der Waals surface area contributed by atoms with E-state index < -0.39 is 0 Å². The van der Waals surface area contributed by atoms with E-state index in [9.17, 15) is 9.90 Å². The summed E-state index contributed by atoms with van der Waals surface area (Å²) in [6, 6.07) is 11.9. The van der Waals surface area contributed by atoms with Crippen LogP contribution in [0.2, 0.25) is 0 Å². The van der Waals surface area contributed by atoms with Gasteiger partial charge in [0, 0.05) is 24.2 Å². The lowest BCUT2D eigenvalue weighted by molar-refractivity contribution is -0.113. The van der Waals surface area contributed by atoms with Crippen molar-refractivity contribution >= 4 is 28.9 Å². The number of nitrogens with zero attached hydrogens (tertiary/aromatic N) is 3. The van der Waals surface area contributed by atoms with E-state index in [1.165, 1.54) is 50.3 Å². The Kier molecular flexibility index (Phi) is 5.47. The Labute approximate surface area is 215 Å². The highest BCUT2D eigenvalue weighted by atomic mass is 32.2. The van der Waals surface area contributed by atoms with Crippen LogP contribution < -0.4 is 0 Å². The maximum Gasteiger partial charge on any atom is 0.286 e. The molecule has 0 spiro atoms. The fourth-order valence-corrected chi connectivity index (χ4v) is 8.63. The third-order valence-corrected chi connectivity index (χ3v) is 9.89. The molecule has 6 aliphatic rings. The van der Waals surface area contributed by atoms with Crippen molar-refractivity contribution in [3.05, 3.63) is 52.6 Å². The number of rotatable bonds is 3. The predicted octanol–water partition coefficient (Wildman–Crippen LogP) is 5.22. The number of aromatic nitrogens is 1. The van der Waals surface area contributed by atoms with E-state index in [1.807, 2.05) is 36.4 Å². The van der Waals surface area contributed by atoms with Crippen LogP contribution in [-0.2, 0) is 14.9 Å². The van der Waals surface area contributed by atoms with Gasteiger partial charge in [-0.3, -0.25) is 4.79 Å². The zero-order valence-corrected chi connectivity index (χ0v) is 21.2. The Hall–Kier alpha value is -2.64. The van der Waals surface area contributed by atoms with Gasteiger partial charge in [-0.1, -0.05) is 6.07 Å². The third kappa shape index (κ3) is 3.97. The third-order valence-electron chi connectivity index (χ3n) is 8.84. The second-order valence-electron chi connectivity index (χ2n) is 11.3. The van der Waals surface area contributed by atoms with Crippen molar-refractivity contribution in [3.8, 4) is 17.0 Å². The summed E-state index contributed by atoms with van der Waals surface area (Å²) in [7, 11) is 0. The van der Waals surface area contributed by atoms with Crippen LogP contribution in [-0.4, -0.2) is 52.4 Å². The zero-order valence-electron chi connectivity index (χ0n) is 20.4. The lowest BCUT2D eigenvalue weighted by atomic mass is 9.48. The Bertz CT molecular complexity index is 1240. The number of morpholine rings is 1. The van der Waals surface area contributed by atoms with E-state index in [0.29, 0.717) is 23.9 Å². The van der Waals surface area contributed by atoms with Crippen molar-refractivity contribution < 1.29 is 14.6 Å². The molecule has 5 fully saturated rings. The number of hydrogen-bond donors (Lipinski definition) is 1. The summed E-state index contributed by atoms with van der Waals surface area (Å²) in [5.74, 6) is 2.68. The lowest BCUT2D eigenvalue weighted by Gasteiger charge is -2.57. The molecule has 7 heteroatoms. The van der Waals surface area contributed by atoms with Crippen LogP contribution >= 0.6 is 11.8 Å². The first kappa shape index (κ1) is 22.5. The van der Waals surface area contributed by atoms with Crippen molar-refractivity contribution in [2.24, 2.45) is 22.7 Å². The molecule has 3 heterocycles. The summed E-state index contributed by atoms with van der Waals surface area (Å²) in [5, 5.41) is 11.7. The maximum absolute atomic E-state index is 12.6. The van der Waals surface area contributed by atoms with Crippen LogP contribution in [0.4, 0.5) is 0 Å². The number of pyridine rings is 1. The highest BCUT2D eigenvalue weighted by molar-refractivity contribution is 8.18. The van der Waals surface area contributed by atoms with Crippen molar-refractivity contribution in [3.63, 3.8) is 0 Å². The van der Waals surface area contributed by atoms with Crippen molar-refractivity contribution in [2.75, 3.05) is 26.3 Å². The molecule has 8 rings (SSSR count). The quantitative estimate of drug-likeness (QED) is 0.581. The first-order valence-electron chi connectivity index (χ1n) is 13.2. The summed E-state index contributed by atoms with van der Waals surface area (Å²) >= 11 is 1.42. The number of amidine groups is 1. The van der Waals surface area contributed by atoms with Crippen molar-refractivity contribution in [1.82, 2.24) is 9.88 Å². The molecule has 0 unspecified atom stereocenters. The number of benzene rings is 1. The molecule has 2 aliphatic heterocycles. The molecule has 1 N–H and O–H groups in total. The summed E-state index contributed by atoms with van der Waals surface area (Å²) in [4.78, 5) is 24.4. The van der Waals surface area contributed by atoms with Crippen LogP contribution in [0.25, 0.3) is 17.3 Å². The van der Waals surface area contributed by atoms with Gasteiger partial charge in [0.15, 0.2) is 5.17 Å². The first-order valence-corrected chi connectivity index (χ1v) is 14.0. The number of carbonyl (C=O) groups is 1. The second-order valence-corrected chi connectivity index (χ2v) is 12.3. The number of ether oxygens (including phenoxy) is 1. The van der Waals surface area contributed by atoms with E-state index in [0.717, 1.165) is 58.5 Å². The minimum absolute atomic E-state index is 0.120. The number of thioether (sulfide) groups is 1. The van der Waals surface area contributed by atoms with Gasteiger partial charge in [0.2, 0.25) is 0 Å². The van der Waals surface area contributed by atoms with Crippen molar-refractivity contribution in [2.45, 2.75) is 43.9 Å². The number of carbonyl (C=O) groups excluding carboxylic acids is 1. The Balaban J connectivity index is 1.16. The minimum atomic E-state index is -0.206. The first-order chi connectivity index (χ1) is 17.5. The average Bonchev–Trinajstić information content (AvgIpc) is 3.24. The molecule has 6 nitrogen and oxygen atoms in total. The van der Waals surface area contributed by atoms with E-state index in [1.54, 1.807) is 0 Å². The standard InChI is InChI=1S/C29H31N3O3S/c33-25-5-4-21(13-23(25)29-15-18-10-19(16-29)12-20(11-18)17-29)24-3-1-2-22(30-24)14-26-27(34)31-28(36-26)32-6-8-35-9-7-32/h1-5,13-14,18-20,33H,6-12,15-17H2/b26-14-. The number of amides is 1. The highest BCUT2D eigenvalue weighted by Crippen LogP contribution is 2.62. The molecular weight excluding hydrogens is 470 g/mol. The Morgan fingerprint density at radius 1 is 1.03 bits per heavy atom. The number of aromatic hydroxyl groups is 1. The predicted molar refractivity (Wildman–Crippen MR) is 142 cm³/mol. The topological polar surface area (TPSA) is 75.0 Å². The van der Waals surface area contributed by atoms with Crippen LogP contribution in [0, 0.1) is 17.8 Å². The lowest BCUT2D eigenvalue weighted by Crippen LogP contribution is -2.48. The van der Waals surface area contributed by atoms with Gasteiger partial charge in [-0.15, -0.1) is 0 Å². The highest BCUT2D eigenvalue weighted by Gasteiger charge is 2.52. The molecule has 2 aromatic rings. The monoisotopic (exact) mass is 501 g/mol. The van der Waals surface area contributed by atoms with Gasteiger partial charge in [0.05, 0.1) is 29.5 Å². The van der Waals surface area contributed by atoms with E-state index >= 15 is 0 Å². The van der Waals surface area contributed by atoms with Gasteiger partial charge in [-0.2, -0.15) is 4.99 Å². The summed E-state index contributed by atoms with van der Waals surface area (Å²) < 4.78 is 5.42. The van der Waals surface area contributed by atoms with Crippen LogP contribution in [0.15, 0.2) is 46.3 Å². The van der Waals surface area contributed by atoms with E-state index in [-0.39, 0.29) is 11.3 Å². The molecular formula is C29H31N3O3S. The number of phenols is 1. The normalized spacial score (nSPS) is 32.4. The smallest absolute Gasteiger partial charge is 0.286 e. The molecule has 0 radical (unpaired) electrons. The van der Waals surface area contributed by atoms with Gasteiger partial charge in [-0.05, 0) is 110 Å². The van der Waals surface area contributed by atoms with E-state index in [2.05, 4.69) is 16.0 Å². The molecule has 4 bridgehead atoms. The van der Waals surface area contributed by atoms with E-state index in [4.69, 9.17) is 9.72 Å². The Morgan fingerprint density at radius 3 is 2.47 bits per heavy atom. The van der Waals surface area contributed by atoms with Crippen molar-refractivity contribution in [1.29, 1.82) is 0 Å². The number of phenolic OH excluding ortho intramolecular Hbond substituents is 1. The SMILES string of the molecule is O=C1N=C(N2CCOCC2)S/C1=C\c1cccc(-c2ccc(O)c(C34CC5CC(CC(C5)C3)C4)c2)n1. The molecule has 4 saturated carbocycles. The molecule has 1 aromatic carbocycles. The number of aliphatic imine (C=N–C) groups is 1. The van der Waals surface area contributed by atoms with Gasteiger partial charge in [0.1, 0.15) is 5.75 Å². The molecule has 186 valence electrons. The molecule has 1 amide bonds. The molecule has 1 aromatic heterocycles. The summed E-state index contributed by atoms with van der Waals surface area (Å²) in [5.41, 5.74) is 3.87. The van der Waals surface area contributed by atoms with Crippen LogP contribution in [0.5, 0.6) is 5.75 Å². The Morgan fingerprint density at radius 2 is 1.75 bits per heavy atom. The fraction of sp³-hybridized carbons (Fsp3) is 0.483. The minimum Gasteiger partial charge on any atom is -0.508 e.